The summed E-state index contributed by atoms with van der Waals surface area (Å²) >= 11 is 7.56. The number of hydrogen-bond acceptors (Lipinski definition) is 4. The number of halogens is 1. The number of carbonyl (C=O) groups excluding carboxylic acids is 1. The van der Waals surface area contributed by atoms with E-state index in [0.29, 0.717) is 21.5 Å². The average Bonchev–Trinajstić information content (AvgIpc) is 3.02. The van der Waals surface area contributed by atoms with E-state index in [1.807, 2.05) is 25.1 Å². The largest absolute Gasteiger partial charge is 0.497 e. The molecule has 2 aromatic carbocycles. The second-order valence-corrected chi connectivity index (χ2v) is 6.84. The SMILES string of the molecule is COc1cccc(C(=O)N(C2=N[C@@H](C)CS2)c2ccc(Cl)cc2)c1. The van der Waals surface area contributed by atoms with E-state index in [4.69, 9.17) is 16.3 Å². The van der Waals surface area contributed by atoms with Crippen LogP contribution in [-0.4, -0.2) is 30.0 Å². The molecule has 0 bridgehead atoms. The van der Waals surface area contributed by atoms with Crippen LogP contribution in [0.1, 0.15) is 17.3 Å². The van der Waals surface area contributed by atoms with E-state index in [0.717, 1.165) is 11.4 Å². The highest BCUT2D eigenvalue weighted by atomic mass is 35.5. The monoisotopic (exact) mass is 360 g/mol. The summed E-state index contributed by atoms with van der Waals surface area (Å²) in [7, 11) is 1.58. The Kier molecular flexibility index (Phi) is 5.11. The van der Waals surface area contributed by atoms with E-state index >= 15 is 0 Å². The van der Waals surface area contributed by atoms with Crippen molar-refractivity contribution in [2.75, 3.05) is 17.8 Å². The zero-order chi connectivity index (χ0) is 17.1. The van der Waals surface area contributed by atoms with Crippen molar-refractivity contribution >= 4 is 40.1 Å². The zero-order valence-electron chi connectivity index (χ0n) is 13.4. The average molecular weight is 361 g/mol. The molecule has 24 heavy (non-hydrogen) atoms. The second kappa shape index (κ2) is 7.28. The Morgan fingerprint density at radius 2 is 2.04 bits per heavy atom. The van der Waals surface area contributed by atoms with Crippen LogP contribution < -0.4 is 9.64 Å². The number of anilines is 1. The standard InChI is InChI=1S/C18H17ClN2O2S/c1-12-11-24-18(20-12)21(15-8-6-14(19)7-9-15)17(22)13-4-3-5-16(10-13)23-2/h3-10,12H,11H2,1-2H3/t12-/m0/s1. The van der Waals surface area contributed by atoms with Crippen molar-refractivity contribution in [2.24, 2.45) is 4.99 Å². The molecule has 0 spiro atoms. The fourth-order valence-electron chi connectivity index (χ4n) is 2.37. The summed E-state index contributed by atoms with van der Waals surface area (Å²) in [4.78, 5) is 19.4. The maximum atomic E-state index is 13.1. The van der Waals surface area contributed by atoms with Crippen LogP contribution in [0.5, 0.6) is 5.75 Å². The number of carbonyl (C=O) groups is 1. The molecule has 0 saturated heterocycles. The first-order valence-electron chi connectivity index (χ1n) is 7.53. The number of amidine groups is 1. The highest BCUT2D eigenvalue weighted by Gasteiger charge is 2.27. The van der Waals surface area contributed by atoms with E-state index in [1.165, 1.54) is 0 Å². The molecule has 1 aliphatic rings. The third kappa shape index (κ3) is 3.57. The highest BCUT2D eigenvalue weighted by Crippen LogP contribution is 2.28. The predicted molar refractivity (Wildman–Crippen MR) is 101 cm³/mol. The van der Waals surface area contributed by atoms with Gasteiger partial charge in [-0.05, 0) is 49.4 Å². The lowest BCUT2D eigenvalue weighted by Crippen LogP contribution is -2.34. The van der Waals surface area contributed by atoms with Crippen molar-refractivity contribution in [1.82, 2.24) is 0 Å². The molecule has 4 nitrogen and oxygen atoms in total. The molecule has 6 heteroatoms. The molecule has 1 heterocycles. The quantitative estimate of drug-likeness (QED) is 0.810. The molecule has 0 aromatic heterocycles. The van der Waals surface area contributed by atoms with Gasteiger partial charge in [-0.25, -0.2) is 0 Å². The van der Waals surface area contributed by atoms with Gasteiger partial charge in [-0.2, -0.15) is 0 Å². The molecule has 0 aliphatic carbocycles. The van der Waals surface area contributed by atoms with Crippen LogP contribution in [0.4, 0.5) is 5.69 Å². The van der Waals surface area contributed by atoms with Gasteiger partial charge >= 0.3 is 0 Å². The maximum absolute atomic E-state index is 13.1. The summed E-state index contributed by atoms with van der Waals surface area (Å²) in [5.41, 5.74) is 1.29. The first-order chi connectivity index (χ1) is 11.6. The molecule has 124 valence electrons. The van der Waals surface area contributed by atoms with E-state index in [-0.39, 0.29) is 11.9 Å². The Balaban J connectivity index is 2.02. The summed E-state index contributed by atoms with van der Waals surface area (Å²) in [6.45, 7) is 2.04. The van der Waals surface area contributed by atoms with Crippen molar-refractivity contribution in [3.8, 4) is 5.75 Å². The highest BCUT2D eigenvalue weighted by molar-refractivity contribution is 8.14. The lowest BCUT2D eigenvalue weighted by atomic mass is 10.1. The maximum Gasteiger partial charge on any atom is 0.264 e. The first-order valence-corrected chi connectivity index (χ1v) is 8.89. The molecular weight excluding hydrogens is 344 g/mol. The third-order valence-electron chi connectivity index (χ3n) is 3.58. The number of thioether (sulfide) groups is 1. The zero-order valence-corrected chi connectivity index (χ0v) is 15.0. The van der Waals surface area contributed by atoms with Gasteiger partial charge < -0.3 is 4.74 Å². The topological polar surface area (TPSA) is 41.9 Å². The number of aliphatic imine (C=N–C) groups is 1. The molecule has 3 rings (SSSR count). The lowest BCUT2D eigenvalue weighted by molar-refractivity contribution is 0.100. The van der Waals surface area contributed by atoms with Gasteiger partial charge in [-0.1, -0.05) is 29.4 Å². The molecular formula is C18H17ClN2O2S. The summed E-state index contributed by atoms with van der Waals surface area (Å²) < 4.78 is 5.23. The fraction of sp³-hybridized carbons (Fsp3) is 0.222. The van der Waals surface area contributed by atoms with Crippen LogP contribution in [0.2, 0.25) is 5.02 Å². The molecule has 0 saturated carbocycles. The minimum Gasteiger partial charge on any atom is -0.497 e. The van der Waals surface area contributed by atoms with E-state index in [9.17, 15) is 4.79 Å². The molecule has 0 unspecified atom stereocenters. The van der Waals surface area contributed by atoms with E-state index in [2.05, 4.69) is 4.99 Å². The number of methoxy groups -OCH3 is 1. The minimum absolute atomic E-state index is 0.142. The summed E-state index contributed by atoms with van der Waals surface area (Å²) in [5.74, 6) is 1.37. The Morgan fingerprint density at radius 1 is 1.29 bits per heavy atom. The molecule has 1 aliphatic heterocycles. The van der Waals surface area contributed by atoms with Gasteiger partial charge in [-0.3, -0.25) is 14.7 Å². The molecule has 0 fully saturated rings. The second-order valence-electron chi connectivity index (χ2n) is 5.42. The smallest absolute Gasteiger partial charge is 0.264 e. The molecule has 1 amide bonds. The predicted octanol–water partition coefficient (Wildman–Crippen LogP) is 4.49. The Bertz CT molecular complexity index is 777. The van der Waals surface area contributed by atoms with Crippen LogP contribution in [0.15, 0.2) is 53.5 Å². The van der Waals surface area contributed by atoms with E-state index in [1.54, 1.807) is 54.1 Å². The summed E-state index contributed by atoms with van der Waals surface area (Å²) in [6.07, 6.45) is 0. The molecule has 0 radical (unpaired) electrons. The van der Waals surface area contributed by atoms with Gasteiger partial charge in [0.05, 0.1) is 18.8 Å². The number of rotatable bonds is 3. The number of benzene rings is 2. The normalized spacial score (nSPS) is 16.6. The van der Waals surface area contributed by atoms with Crippen molar-refractivity contribution in [2.45, 2.75) is 13.0 Å². The van der Waals surface area contributed by atoms with Crippen molar-refractivity contribution < 1.29 is 9.53 Å². The van der Waals surface area contributed by atoms with Crippen LogP contribution in [0, 0.1) is 0 Å². The number of nitrogens with zero attached hydrogens (tertiary/aromatic N) is 2. The summed E-state index contributed by atoms with van der Waals surface area (Å²) in [5, 5.41) is 1.33. The third-order valence-corrected chi connectivity index (χ3v) is 5.03. The van der Waals surface area contributed by atoms with Crippen molar-refractivity contribution in [1.29, 1.82) is 0 Å². The van der Waals surface area contributed by atoms with Crippen molar-refractivity contribution in [3.63, 3.8) is 0 Å². The Morgan fingerprint density at radius 3 is 2.67 bits per heavy atom. The van der Waals surface area contributed by atoms with Crippen LogP contribution >= 0.6 is 23.4 Å². The van der Waals surface area contributed by atoms with Gasteiger partial charge in [-0.15, -0.1) is 0 Å². The Labute approximate surface area is 150 Å². The molecule has 1 atom stereocenters. The molecule has 2 aromatic rings. The number of amides is 1. The number of ether oxygens (including phenoxy) is 1. The van der Waals surface area contributed by atoms with Gasteiger partial charge in [0.15, 0.2) is 5.17 Å². The van der Waals surface area contributed by atoms with Gasteiger partial charge in [0.1, 0.15) is 5.75 Å². The Hall–Kier alpha value is -1.98. The van der Waals surface area contributed by atoms with Crippen LogP contribution in [-0.2, 0) is 0 Å². The fourth-order valence-corrected chi connectivity index (χ4v) is 3.53. The van der Waals surface area contributed by atoms with E-state index < -0.39 is 0 Å². The lowest BCUT2D eigenvalue weighted by Gasteiger charge is -2.22. The van der Waals surface area contributed by atoms with Crippen LogP contribution in [0.3, 0.4) is 0 Å². The minimum atomic E-state index is -0.142. The summed E-state index contributed by atoms with van der Waals surface area (Å²) in [6, 6.07) is 14.5. The van der Waals surface area contributed by atoms with Gasteiger partial charge in [0.25, 0.3) is 5.91 Å². The van der Waals surface area contributed by atoms with Crippen LogP contribution in [0.25, 0.3) is 0 Å². The number of hydrogen-bond donors (Lipinski definition) is 0. The molecule has 0 N–H and O–H groups in total. The van der Waals surface area contributed by atoms with Crippen molar-refractivity contribution in [3.05, 3.63) is 59.1 Å². The van der Waals surface area contributed by atoms with Gasteiger partial charge in [0, 0.05) is 16.3 Å². The van der Waals surface area contributed by atoms with Gasteiger partial charge in [0.2, 0.25) is 0 Å². The first kappa shape index (κ1) is 16.9.